The molecule has 10 heavy (non-hydrogen) atoms. The average Bonchev–Trinajstić information content (AvgIpc) is 2.04. The van der Waals surface area contributed by atoms with Gasteiger partial charge < -0.3 is 5.32 Å². The number of hydrogen-bond donors (Lipinski definition) is 1. The molecule has 1 N–H and O–H groups in total. The highest BCUT2D eigenvalue weighted by molar-refractivity contribution is 4.74. The van der Waals surface area contributed by atoms with Gasteiger partial charge in [0.05, 0.1) is 0 Å². The molecule has 0 saturated carbocycles. The maximum absolute atomic E-state index is 3.52. The summed E-state index contributed by atoms with van der Waals surface area (Å²) in [6.07, 6.45) is 2.75. The zero-order chi connectivity index (χ0) is 7.56. The number of hydrogen-bond acceptors (Lipinski definition) is 1. The molecule has 0 aliphatic carbocycles. The molecule has 0 aromatic heterocycles. The van der Waals surface area contributed by atoms with Crippen LogP contribution >= 0.6 is 0 Å². The van der Waals surface area contributed by atoms with E-state index in [2.05, 4.69) is 26.1 Å². The van der Waals surface area contributed by atoms with Crippen molar-refractivity contribution in [1.29, 1.82) is 0 Å². The lowest BCUT2D eigenvalue weighted by Crippen LogP contribution is -2.27. The van der Waals surface area contributed by atoms with E-state index in [-0.39, 0.29) is 0 Å². The highest BCUT2D eigenvalue weighted by Crippen LogP contribution is 2.20. The van der Waals surface area contributed by atoms with Crippen LogP contribution in [-0.2, 0) is 0 Å². The molecule has 1 nitrogen and oxygen atoms in total. The van der Waals surface area contributed by atoms with Crippen LogP contribution in [0.4, 0.5) is 0 Å². The average molecular weight is 141 g/mol. The first kappa shape index (κ1) is 8.06. The van der Waals surface area contributed by atoms with Crippen LogP contribution in [0.15, 0.2) is 0 Å². The molecule has 1 heterocycles. The topological polar surface area (TPSA) is 12.0 Å². The van der Waals surface area contributed by atoms with E-state index in [1.54, 1.807) is 0 Å². The molecular formula is C9H19N. The molecule has 2 unspecified atom stereocenters. The van der Waals surface area contributed by atoms with Crippen molar-refractivity contribution in [2.24, 2.45) is 11.8 Å². The summed E-state index contributed by atoms with van der Waals surface area (Å²) in [5.74, 6) is 1.78. The number of nitrogens with one attached hydrogen (secondary N) is 1. The Morgan fingerprint density at radius 1 is 1.00 bits per heavy atom. The van der Waals surface area contributed by atoms with E-state index in [9.17, 15) is 0 Å². The van der Waals surface area contributed by atoms with Crippen LogP contribution in [0.2, 0.25) is 0 Å². The summed E-state index contributed by atoms with van der Waals surface area (Å²) in [5, 5.41) is 3.52. The second-order valence-electron chi connectivity index (χ2n) is 3.84. The lowest BCUT2D eigenvalue weighted by molar-refractivity contribution is 0.383. The first-order chi connectivity index (χ1) is 4.70. The molecule has 60 valence electrons. The second-order valence-corrected chi connectivity index (χ2v) is 3.84. The molecule has 0 aromatic rings. The first-order valence-electron chi connectivity index (χ1n) is 4.43. The predicted octanol–water partition coefficient (Wildman–Crippen LogP) is 2.03. The molecule has 0 spiro atoms. The second kappa shape index (κ2) is 3.38. The molecule has 1 aliphatic heterocycles. The maximum atomic E-state index is 3.52. The van der Waals surface area contributed by atoms with Crippen LogP contribution < -0.4 is 5.32 Å². The molecular weight excluding hydrogens is 122 g/mol. The SMILES string of the molecule is CC1CC[C@@H](C)C(C)CN1. The van der Waals surface area contributed by atoms with Crippen LogP contribution in [0.5, 0.6) is 0 Å². The van der Waals surface area contributed by atoms with Gasteiger partial charge in [-0.25, -0.2) is 0 Å². The standard InChI is InChI=1S/C9H19N/c1-7-4-5-9(3)10-6-8(7)2/h7-10H,4-6H2,1-3H3/t7-,8?,9?/m1/s1. The fourth-order valence-electron chi connectivity index (χ4n) is 1.49. The molecule has 3 atom stereocenters. The van der Waals surface area contributed by atoms with Crippen molar-refractivity contribution < 1.29 is 0 Å². The third kappa shape index (κ3) is 1.98. The van der Waals surface area contributed by atoms with Gasteiger partial charge in [-0.3, -0.25) is 0 Å². The minimum absolute atomic E-state index is 0.743. The zero-order valence-corrected chi connectivity index (χ0v) is 7.35. The van der Waals surface area contributed by atoms with E-state index in [1.165, 1.54) is 19.4 Å². The number of rotatable bonds is 0. The Labute approximate surface area is 64.2 Å². The van der Waals surface area contributed by atoms with Gasteiger partial charge >= 0.3 is 0 Å². The van der Waals surface area contributed by atoms with Crippen molar-refractivity contribution in [3.63, 3.8) is 0 Å². The minimum atomic E-state index is 0.743. The quantitative estimate of drug-likeness (QED) is 0.544. The Balaban J connectivity index is 2.38. The maximum Gasteiger partial charge on any atom is 0.00389 e. The first-order valence-corrected chi connectivity index (χ1v) is 4.43. The molecule has 0 bridgehead atoms. The molecule has 0 aromatic carbocycles. The van der Waals surface area contributed by atoms with E-state index in [0.717, 1.165) is 17.9 Å². The molecule has 0 radical (unpaired) electrons. The summed E-state index contributed by atoms with van der Waals surface area (Å²) >= 11 is 0. The minimum Gasteiger partial charge on any atom is -0.314 e. The van der Waals surface area contributed by atoms with Crippen LogP contribution in [-0.4, -0.2) is 12.6 Å². The van der Waals surface area contributed by atoms with Gasteiger partial charge in [0.1, 0.15) is 0 Å². The van der Waals surface area contributed by atoms with Crippen molar-refractivity contribution in [2.75, 3.05) is 6.54 Å². The monoisotopic (exact) mass is 141 g/mol. The lowest BCUT2D eigenvalue weighted by atomic mass is 9.93. The van der Waals surface area contributed by atoms with Crippen molar-refractivity contribution in [1.82, 2.24) is 5.32 Å². The molecule has 1 saturated heterocycles. The summed E-state index contributed by atoms with van der Waals surface area (Å²) in [6.45, 7) is 8.20. The Kier molecular flexibility index (Phi) is 2.72. The van der Waals surface area contributed by atoms with Crippen LogP contribution in [0, 0.1) is 11.8 Å². The fourth-order valence-corrected chi connectivity index (χ4v) is 1.49. The van der Waals surface area contributed by atoms with Crippen molar-refractivity contribution >= 4 is 0 Å². The lowest BCUT2D eigenvalue weighted by Gasteiger charge is -2.14. The van der Waals surface area contributed by atoms with Gasteiger partial charge in [-0.2, -0.15) is 0 Å². The highest BCUT2D eigenvalue weighted by atomic mass is 14.9. The molecule has 1 heteroatoms. The summed E-state index contributed by atoms with van der Waals surface area (Å²) in [6, 6.07) is 0.743. The summed E-state index contributed by atoms with van der Waals surface area (Å²) < 4.78 is 0. The van der Waals surface area contributed by atoms with E-state index in [0.29, 0.717) is 0 Å². The summed E-state index contributed by atoms with van der Waals surface area (Å²) in [5.41, 5.74) is 0. The summed E-state index contributed by atoms with van der Waals surface area (Å²) in [4.78, 5) is 0. The Morgan fingerprint density at radius 3 is 2.40 bits per heavy atom. The summed E-state index contributed by atoms with van der Waals surface area (Å²) in [7, 11) is 0. The van der Waals surface area contributed by atoms with Crippen LogP contribution in [0.1, 0.15) is 33.6 Å². The van der Waals surface area contributed by atoms with E-state index >= 15 is 0 Å². The van der Waals surface area contributed by atoms with E-state index in [1.807, 2.05) is 0 Å². The Morgan fingerprint density at radius 2 is 1.70 bits per heavy atom. The van der Waals surface area contributed by atoms with Crippen LogP contribution in [0.3, 0.4) is 0 Å². The van der Waals surface area contributed by atoms with Gasteiger partial charge in [-0.05, 0) is 38.1 Å². The third-order valence-corrected chi connectivity index (χ3v) is 2.81. The predicted molar refractivity (Wildman–Crippen MR) is 45.0 cm³/mol. The van der Waals surface area contributed by atoms with E-state index in [4.69, 9.17) is 0 Å². The molecule has 1 fully saturated rings. The normalized spacial score (nSPS) is 42.9. The van der Waals surface area contributed by atoms with Gasteiger partial charge in [0.15, 0.2) is 0 Å². The van der Waals surface area contributed by atoms with Crippen molar-refractivity contribution in [3.05, 3.63) is 0 Å². The Hall–Kier alpha value is -0.0400. The fraction of sp³-hybridized carbons (Fsp3) is 1.00. The molecule has 1 rings (SSSR count). The van der Waals surface area contributed by atoms with Gasteiger partial charge in [-0.15, -0.1) is 0 Å². The van der Waals surface area contributed by atoms with Gasteiger partial charge in [0.25, 0.3) is 0 Å². The smallest absolute Gasteiger partial charge is 0.00389 e. The van der Waals surface area contributed by atoms with Gasteiger partial charge in [-0.1, -0.05) is 13.8 Å². The van der Waals surface area contributed by atoms with Crippen molar-refractivity contribution in [3.8, 4) is 0 Å². The van der Waals surface area contributed by atoms with Gasteiger partial charge in [0.2, 0.25) is 0 Å². The highest BCUT2D eigenvalue weighted by Gasteiger charge is 2.17. The third-order valence-electron chi connectivity index (χ3n) is 2.81. The largest absolute Gasteiger partial charge is 0.314 e. The molecule has 0 amide bonds. The van der Waals surface area contributed by atoms with Crippen molar-refractivity contribution in [2.45, 2.75) is 39.7 Å². The van der Waals surface area contributed by atoms with Crippen LogP contribution in [0.25, 0.3) is 0 Å². The molecule has 1 aliphatic rings. The van der Waals surface area contributed by atoms with E-state index < -0.39 is 0 Å². The van der Waals surface area contributed by atoms with Gasteiger partial charge in [0, 0.05) is 6.04 Å². The Bertz CT molecular complexity index is 88.9. The zero-order valence-electron chi connectivity index (χ0n) is 7.35.